The molecule has 1 aliphatic rings. The number of hydrogen-bond acceptors (Lipinski definition) is 4. The van der Waals surface area contributed by atoms with E-state index in [1.165, 1.54) is 17.8 Å². The summed E-state index contributed by atoms with van der Waals surface area (Å²) in [7, 11) is 1.64. The molecule has 0 bridgehead atoms. The van der Waals surface area contributed by atoms with E-state index in [4.69, 9.17) is 14.7 Å². The Morgan fingerprint density at radius 3 is 2.00 bits per heavy atom. The van der Waals surface area contributed by atoms with Gasteiger partial charge in [-0.15, -0.1) is 0 Å². The van der Waals surface area contributed by atoms with Crippen LogP contribution in [0.4, 0.5) is 4.39 Å². The molecule has 3 aromatic carbocycles. The van der Waals surface area contributed by atoms with E-state index in [9.17, 15) is 4.39 Å². The maximum absolute atomic E-state index is 14.4. The van der Waals surface area contributed by atoms with Crippen LogP contribution >= 0.6 is 11.8 Å². The lowest BCUT2D eigenvalue weighted by atomic mass is 10.1. The molecule has 0 aliphatic carbocycles. The fraction of sp³-hybridized carbons (Fsp3) is 0.0909. The van der Waals surface area contributed by atoms with Crippen LogP contribution in [0.25, 0.3) is 0 Å². The minimum Gasteiger partial charge on any atom is -0.497 e. The fourth-order valence-corrected chi connectivity index (χ4v) is 3.80. The zero-order chi connectivity index (χ0) is 18.6. The smallest absolute Gasteiger partial charge is 0.170 e. The highest BCUT2D eigenvalue weighted by Crippen LogP contribution is 2.33. The maximum Gasteiger partial charge on any atom is 0.170 e. The standard InChI is InChI=1S/C22H17FN2OS/c1-26-17-13-11-16(12-14-17)22-25-20(18-9-5-6-10-19(18)23)24-21(27-22)15-7-3-2-4-8-15/h2-14,20H,1H3/t20-/m0/s1. The van der Waals surface area contributed by atoms with Gasteiger partial charge in [0, 0.05) is 16.7 Å². The first kappa shape index (κ1) is 17.5. The second-order valence-corrected chi connectivity index (χ2v) is 6.94. The zero-order valence-electron chi connectivity index (χ0n) is 14.7. The maximum atomic E-state index is 14.4. The Hall–Kier alpha value is -2.92. The normalized spacial score (nSPS) is 16.4. The van der Waals surface area contributed by atoms with E-state index in [1.807, 2.05) is 54.6 Å². The molecule has 0 N–H and O–H groups in total. The van der Waals surface area contributed by atoms with Crippen LogP contribution in [-0.4, -0.2) is 17.2 Å². The number of thioether (sulfide) groups is 1. The Morgan fingerprint density at radius 2 is 1.37 bits per heavy atom. The van der Waals surface area contributed by atoms with Gasteiger partial charge in [-0.05, 0) is 42.1 Å². The molecule has 1 aliphatic heterocycles. The third-order valence-corrected chi connectivity index (χ3v) is 5.28. The van der Waals surface area contributed by atoms with E-state index in [0.717, 1.165) is 27.0 Å². The summed E-state index contributed by atoms with van der Waals surface area (Å²) in [6.07, 6.45) is -0.611. The number of methoxy groups -OCH3 is 1. The molecular weight excluding hydrogens is 359 g/mol. The van der Waals surface area contributed by atoms with Gasteiger partial charge in [0.1, 0.15) is 21.7 Å². The molecule has 27 heavy (non-hydrogen) atoms. The van der Waals surface area contributed by atoms with Gasteiger partial charge < -0.3 is 4.74 Å². The van der Waals surface area contributed by atoms with Crippen molar-refractivity contribution in [3.05, 3.63) is 101 Å². The lowest BCUT2D eigenvalue weighted by molar-refractivity contribution is 0.415. The number of halogens is 1. The molecular formula is C22H17FN2OS. The lowest BCUT2D eigenvalue weighted by Gasteiger charge is -2.20. The van der Waals surface area contributed by atoms with Crippen LogP contribution in [0.2, 0.25) is 0 Å². The summed E-state index contributed by atoms with van der Waals surface area (Å²) < 4.78 is 19.6. The molecule has 0 saturated heterocycles. The van der Waals surface area contributed by atoms with Gasteiger partial charge in [-0.25, -0.2) is 14.4 Å². The largest absolute Gasteiger partial charge is 0.497 e. The van der Waals surface area contributed by atoms with Crippen LogP contribution in [0.5, 0.6) is 5.75 Å². The monoisotopic (exact) mass is 376 g/mol. The third kappa shape index (κ3) is 3.78. The molecule has 5 heteroatoms. The van der Waals surface area contributed by atoms with Crippen molar-refractivity contribution in [1.29, 1.82) is 0 Å². The minimum atomic E-state index is -0.611. The molecule has 4 rings (SSSR count). The molecule has 0 aromatic heterocycles. The minimum absolute atomic E-state index is 0.302. The zero-order valence-corrected chi connectivity index (χ0v) is 15.5. The van der Waals surface area contributed by atoms with Crippen LogP contribution in [0.3, 0.4) is 0 Å². The summed E-state index contributed by atoms with van der Waals surface area (Å²) in [5.74, 6) is 0.478. The van der Waals surface area contributed by atoms with E-state index in [1.54, 1.807) is 25.3 Å². The number of hydrogen-bond donors (Lipinski definition) is 0. The predicted molar refractivity (Wildman–Crippen MR) is 109 cm³/mol. The van der Waals surface area contributed by atoms with Crippen LogP contribution in [-0.2, 0) is 0 Å². The number of rotatable bonds is 4. The van der Waals surface area contributed by atoms with Crippen molar-refractivity contribution in [3.8, 4) is 5.75 Å². The molecule has 3 nitrogen and oxygen atoms in total. The van der Waals surface area contributed by atoms with Crippen LogP contribution < -0.4 is 4.74 Å². The quantitative estimate of drug-likeness (QED) is 0.605. The van der Waals surface area contributed by atoms with Gasteiger partial charge in [-0.3, -0.25) is 0 Å². The van der Waals surface area contributed by atoms with E-state index in [2.05, 4.69) is 0 Å². The third-order valence-electron chi connectivity index (χ3n) is 4.21. The Kier molecular flexibility index (Phi) is 5.03. The summed E-state index contributed by atoms with van der Waals surface area (Å²) in [6.45, 7) is 0. The number of aliphatic imine (C=N–C) groups is 2. The van der Waals surface area contributed by atoms with E-state index >= 15 is 0 Å². The lowest BCUT2D eigenvalue weighted by Crippen LogP contribution is -2.13. The summed E-state index contributed by atoms with van der Waals surface area (Å²) >= 11 is 1.49. The average molecular weight is 376 g/mol. The summed E-state index contributed by atoms with van der Waals surface area (Å²) in [5.41, 5.74) is 2.41. The summed E-state index contributed by atoms with van der Waals surface area (Å²) in [4.78, 5) is 9.45. The molecule has 0 amide bonds. The van der Waals surface area contributed by atoms with Crippen molar-refractivity contribution >= 4 is 21.8 Å². The molecule has 3 aromatic rings. The first-order valence-electron chi connectivity index (χ1n) is 8.52. The van der Waals surface area contributed by atoms with Crippen molar-refractivity contribution in [2.24, 2.45) is 9.98 Å². The Bertz CT molecular complexity index is 1000. The highest BCUT2D eigenvalue weighted by Gasteiger charge is 2.23. The molecule has 134 valence electrons. The molecule has 0 spiro atoms. The molecule has 0 fully saturated rings. The topological polar surface area (TPSA) is 34.0 Å². The highest BCUT2D eigenvalue weighted by atomic mass is 32.2. The van der Waals surface area contributed by atoms with Gasteiger partial charge in [0.05, 0.1) is 7.11 Å². The van der Waals surface area contributed by atoms with Crippen molar-refractivity contribution in [2.45, 2.75) is 6.17 Å². The Labute approximate surface area is 161 Å². The van der Waals surface area contributed by atoms with Crippen molar-refractivity contribution in [1.82, 2.24) is 0 Å². The van der Waals surface area contributed by atoms with Gasteiger partial charge in [0.15, 0.2) is 6.17 Å². The van der Waals surface area contributed by atoms with Crippen molar-refractivity contribution in [2.75, 3.05) is 7.11 Å². The molecule has 0 radical (unpaired) electrons. The van der Waals surface area contributed by atoms with E-state index < -0.39 is 6.17 Å². The van der Waals surface area contributed by atoms with Crippen LogP contribution in [0, 0.1) is 5.82 Å². The SMILES string of the molecule is COc1ccc(C2=N[C@@H](c3ccccc3F)N=C(c3ccccc3)S2)cc1. The van der Waals surface area contributed by atoms with E-state index in [0.29, 0.717) is 5.56 Å². The van der Waals surface area contributed by atoms with Crippen LogP contribution in [0.15, 0.2) is 88.8 Å². The Morgan fingerprint density at radius 1 is 0.778 bits per heavy atom. The van der Waals surface area contributed by atoms with Gasteiger partial charge >= 0.3 is 0 Å². The molecule has 1 atom stereocenters. The number of benzene rings is 3. The van der Waals surface area contributed by atoms with Crippen molar-refractivity contribution < 1.29 is 9.13 Å². The summed E-state index contributed by atoms with van der Waals surface area (Å²) in [6, 6.07) is 24.3. The van der Waals surface area contributed by atoms with Gasteiger partial charge in [-0.1, -0.05) is 48.5 Å². The summed E-state index contributed by atoms with van der Waals surface area (Å²) in [5, 5.41) is 1.63. The predicted octanol–water partition coefficient (Wildman–Crippen LogP) is 5.47. The molecule has 0 unspecified atom stereocenters. The first-order chi connectivity index (χ1) is 13.2. The number of ether oxygens (including phenoxy) is 1. The van der Waals surface area contributed by atoms with Gasteiger partial charge in [0.25, 0.3) is 0 Å². The van der Waals surface area contributed by atoms with Gasteiger partial charge in [-0.2, -0.15) is 0 Å². The van der Waals surface area contributed by atoms with Crippen LogP contribution in [0.1, 0.15) is 22.9 Å². The molecule has 1 heterocycles. The van der Waals surface area contributed by atoms with Gasteiger partial charge in [0.2, 0.25) is 0 Å². The number of nitrogens with zero attached hydrogens (tertiary/aromatic N) is 2. The second-order valence-electron chi connectivity index (χ2n) is 5.96. The highest BCUT2D eigenvalue weighted by molar-refractivity contribution is 8.27. The van der Waals surface area contributed by atoms with E-state index in [-0.39, 0.29) is 5.82 Å². The molecule has 0 saturated carbocycles. The fourth-order valence-electron chi connectivity index (χ4n) is 2.80. The second kappa shape index (κ2) is 7.76. The van der Waals surface area contributed by atoms with Crippen molar-refractivity contribution in [3.63, 3.8) is 0 Å². The average Bonchev–Trinajstić information content (AvgIpc) is 2.74. The first-order valence-corrected chi connectivity index (χ1v) is 9.34. The Balaban J connectivity index is 1.78.